The van der Waals surface area contributed by atoms with E-state index in [1.54, 1.807) is 4.68 Å². The third-order valence-electron chi connectivity index (χ3n) is 2.56. The Balaban J connectivity index is 2.88. The highest BCUT2D eigenvalue weighted by molar-refractivity contribution is 7.90. The highest BCUT2D eigenvalue weighted by Gasteiger charge is 2.11. The van der Waals surface area contributed by atoms with Crippen LogP contribution in [0, 0.1) is 13.8 Å². The molecule has 15 heavy (non-hydrogen) atoms. The van der Waals surface area contributed by atoms with Gasteiger partial charge in [-0.05, 0) is 25.8 Å². The van der Waals surface area contributed by atoms with Gasteiger partial charge in [0.15, 0.2) is 0 Å². The second-order valence-corrected chi connectivity index (χ2v) is 6.12. The molecule has 1 rings (SSSR count). The second-order valence-electron chi connectivity index (χ2n) is 3.86. The van der Waals surface area contributed by atoms with E-state index < -0.39 is 9.84 Å². The fraction of sp³-hybridized carbons (Fsp3) is 0.700. The summed E-state index contributed by atoms with van der Waals surface area (Å²) in [7, 11) is -2.91. The Morgan fingerprint density at radius 3 is 2.33 bits per heavy atom. The number of aryl methyl sites for hydroxylation is 2. The van der Waals surface area contributed by atoms with Crippen molar-refractivity contribution in [3.05, 3.63) is 17.0 Å². The number of sulfone groups is 1. The Hall–Kier alpha value is -0.840. The molecule has 0 N–H and O–H groups in total. The van der Waals surface area contributed by atoms with E-state index in [4.69, 9.17) is 0 Å². The lowest BCUT2D eigenvalue weighted by Gasteiger charge is -2.03. The monoisotopic (exact) mass is 230 g/mol. The average Bonchev–Trinajstić information content (AvgIpc) is 2.37. The highest BCUT2D eigenvalue weighted by atomic mass is 32.2. The van der Waals surface area contributed by atoms with Gasteiger partial charge in [0.25, 0.3) is 0 Å². The van der Waals surface area contributed by atoms with E-state index in [1.165, 1.54) is 11.8 Å². The fourth-order valence-electron chi connectivity index (χ4n) is 1.72. The highest BCUT2D eigenvalue weighted by Crippen LogP contribution is 2.13. The quantitative estimate of drug-likeness (QED) is 0.778. The summed E-state index contributed by atoms with van der Waals surface area (Å²) < 4.78 is 23.9. The first-order valence-corrected chi connectivity index (χ1v) is 7.11. The molecule has 1 heterocycles. The topological polar surface area (TPSA) is 52.0 Å². The predicted molar refractivity (Wildman–Crippen MR) is 60.8 cm³/mol. The van der Waals surface area contributed by atoms with Crippen molar-refractivity contribution in [2.45, 2.75) is 33.7 Å². The molecule has 0 unspecified atom stereocenters. The van der Waals surface area contributed by atoms with Gasteiger partial charge in [0.2, 0.25) is 0 Å². The zero-order valence-corrected chi connectivity index (χ0v) is 10.6. The summed E-state index contributed by atoms with van der Waals surface area (Å²) in [5, 5.41) is 4.34. The molecule has 0 aliphatic carbocycles. The number of nitrogens with zero attached hydrogens (tertiary/aromatic N) is 2. The smallest absolute Gasteiger partial charge is 0.149 e. The van der Waals surface area contributed by atoms with Crippen LogP contribution in [-0.2, 0) is 22.8 Å². The van der Waals surface area contributed by atoms with Gasteiger partial charge in [-0.25, -0.2) is 8.42 Å². The van der Waals surface area contributed by atoms with Crippen molar-refractivity contribution in [1.29, 1.82) is 0 Å². The first-order chi connectivity index (χ1) is 6.85. The molecule has 0 aliphatic heterocycles. The number of hydrogen-bond donors (Lipinski definition) is 0. The van der Waals surface area contributed by atoms with Crippen molar-refractivity contribution >= 4 is 9.84 Å². The largest absolute Gasteiger partial charge is 0.268 e. The van der Waals surface area contributed by atoms with Crippen molar-refractivity contribution < 1.29 is 8.42 Å². The summed E-state index contributed by atoms with van der Waals surface area (Å²) in [5.74, 6) is 0.151. The minimum Gasteiger partial charge on any atom is -0.268 e. The van der Waals surface area contributed by atoms with Crippen LogP contribution in [0.15, 0.2) is 0 Å². The molecule has 0 amide bonds. The molecule has 0 saturated heterocycles. The lowest BCUT2D eigenvalue weighted by Crippen LogP contribution is -2.13. The van der Waals surface area contributed by atoms with E-state index in [9.17, 15) is 8.42 Å². The number of aromatic nitrogens is 2. The molecular weight excluding hydrogens is 212 g/mol. The maximum absolute atomic E-state index is 11.0. The molecule has 0 radical (unpaired) electrons. The molecule has 0 aromatic carbocycles. The molecular formula is C10H18N2O2S. The van der Waals surface area contributed by atoms with Crippen molar-refractivity contribution in [3.8, 4) is 0 Å². The summed E-state index contributed by atoms with van der Waals surface area (Å²) in [6.45, 7) is 6.48. The first-order valence-electron chi connectivity index (χ1n) is 5.05. The molecule has 0 saturated carbocycles. The molecule has 0 aliphatic rings. The van der Waals surface area contributed by atoms with Crippen LogP contribution in [0.5, 0.6) is 0 Å². The van der Waals surface area contributed by atoms with Gasteiger partial charge in [-0.1, -0.05) is 6.92 Å². The van der Waals surface area contributed by atoms with Gasteiger partial charge in [0, 0.05) is 11.9 Å². The van der Waals surface area contributed by atoms with Crippen LogP contribution in [-0.4, -0.2) is 30.2 Å². The van der Waals surface area contributed by atoms with Crippen LogP contribution in [0.2, 0.25) is 0 Å². The molecule has 1 aromatic heterocycles. The van der Waals surface area contributed by atoms with Crippen molar-refractivity contribution in [2.75, 3.05) is 12.0 Å². The van der Waals surface area contributed by atoms with Gasteiger partial charge in [0.05, 0.1) is 18.0 Å². The number of rotatable bonds is 4. The van der Waals surface area contributed by atoms with Crippen LogP contribution in [0.3, 0.4) is 0 Å². The summed E-state index contributed by atoms with van der Waals surface area (Å²) in [6, 6.07) is 0. The molecule has 5 heteroatoms. The maximum atomic E-state index is 11.0. The standard InChI is InChI=1S/C10H18N2O2S/c1-5-10-8(2)11-12(9(10)3)6-7-15(4,13)14/h5-7H2,1-4H3. The summed E-state index contributed by atoms with van der Waals surface area (Å²) >= 11 is 0. The summed E-state index contributed by atoms with van der Waals surface area (Å²) in [6.07, 6.45) is 2.19. The van der Waals surface area contributed by atoms with Crippen LogP contribution in [0.4, 0.5) is 0 Å². The van der Waals surface area contributed by atoms with Gasteiger partial charge in [-0.15, -0.1) is 0 Å². The minimum absolute atomic E-state index is 0.151. The molecule has 86 valence electrons. The Morgan fingerprint density at radius 2 is 1.93 bits per heavy atom. The van der Waals surface area contributed by atoms with E-state index in [0.717, 1.165) is 17.8 Å². The Kier molecular flexibility index (Phi) is 3.54. The van der Waals surface area contributed by atoms with Crippen LogP contribution in [0.1, 0.15) is 23.9 Å². The second kappa shape index (κ2) is 4.35. The third kappa shape index (κ3) is 3.06. The van der Waals surface area contributed by atoms with E-state index >= 15 is 0 Å². The molecule has 0 atom stereocenters. The van der Waals surface area contributed by atoms with Gasteiger partial charge < -0.3 is 0 Å². The summed E-state index contributed by atoms with van der Waals surface area (Å²) in [5.41, 5.74) is 3.31. The first kappa shape index (κ1) is 12.2. The van der Waals surface area contributed by atoms with Gasteiger partial charge in [-0.3, -0.25) is 4.68 Å². The maximum Gasteiger partial charge on any atom is 0.149 e. The predicted octanol–water partition coefficient (Wildman–Crippen LogP) is 1.11. The van der Waals surface area contributed by atoms with Crippen LogP contribution in [0.25, 0.3) is 0 Å². The van der Waals surface area contributed by atoms with Crippen molar-refractivity contribution in [1.82, 2.24) is 9.78 Å². The molecule has 0 fully saturated rings. The minimum atomic E-state index is -2.91. The van der Waals surface area contributed by atoms with Crippen LogP contribution < -0.4 is 0 Å². The Morgan fingerprint density at radius 1 is 1.33 bits per heavy atom. The molecule has 1 aromatic rings. The fourth-order valence-corrected chi connectivity index (χ4v) is 2.22. The van der Waals surface area contributed by atoms with E-state index in [2.05, 4.69) is 12.0 Å². The van der Waals surface area contributed by atoms with Gasteiger partial charge >= 0.3 is 0 Å². The lowest BCUT2D eigenvalue weighted by molar-refractivity contribution is 0.581. The zero-order valence-electron chi connectivity index (χ0n) is 9.74. The zero-order chi connectivity index (χ0) is 11.6. The van der Waals surface area contributed by atoms with E-state index in [1.807, 2.05) is 13.8 Å². The summed E-state index contributed by atoms with van der Waals surface area (Å²) in [4.78, 5) is 0. The van der Waals surface area contributed by atoms with E-state index in [-0.39, 0.29) is 5.75 Å². The van der Waals surface area contributed by atoms with E-state index in [0.29, 0.717) is 6.54 Å². The van der Waals surface area contributed by atoms with Crippen LogP contribution >= 0.6 is 0 Å². The lowest BCUT2D eigenvalue weighted by atomic mass is 10.1. The normalized spacial score (nSPS) is 12.0. The Labute approximate surface area is 91.2 Å². The molecule has 0 bridgehead atoms. The SMILES string of the molecule is CCc1c(C)nn(CCS(C)(=O)=O)c1C. The third-order valence-corrected chi connectivity index (χ3v) is 3.48. The van der Waals surface area contributed by atoms with Gasteiger partial charge in [0.1, 0.15) is 9.84 Å². The van der Waals surface area contributed by atoms with Gasteiger partial charge in [-0.2, -0.15) is 5.10 Å². The Bertz CT molecular complexity index is 446. The number of hydrogen-bond acceptors (Lipinski definition) is 3. The average molecular weight is 230 g/mol. The molecule has 0 spiro atoms. The molecule has 4 nitrogen and oxygen atoms in total. The van der Waals surface area contributed by atoms with Crippen molar-refractivity contribution in [3.63, 3.8) is 0 Å². The van der Waals surface area contributed by atoms with Crippen molar-refractivity contribution in [2.24, 2.45) is 0 Å².